The van der Waals surface area contributed by atoms with E-state index in [9.17, 15) is 4.79 Å². The van der Waals surface area contributed by atoms with Gasteiger partial charge in [-0.1, -0.05) is 13.8 Å². The van der Waals surface area contributed by atoms with Gasteiger partial charge >= 0.3 is 0 Å². The highest BCUT2D eigenvalue weighted by molar-refractivity contribution is 5.93. The van der Waals surface area contributed by atoms with Crippen molar-refractivity contribution in [3.05, 3.63) is 24.3 Å². The summed E-state index contributed by atoms with van der Waals surface area (Å²) in [5.74, 6) is 2.32. The van der Waals surface area contributed by atoms with Crippen molar-refractivity contribution in [1.82, 2.24) is 0 Å². The molecule has 1 saturated heterocycles. The van der Waals surface area contributed by atoms with Crippen LogP contribution in [0, 0.1) is 11.8 Å². The maximum atomic E-state index is 12.5. The predicted molar refractivity (Wildman–Crippen MR) is 89.3 cm³/mol. The number of quaternary nitrogens is 1. The molecule has 122 valence electrons. The van der Waals surface area contributed by atoms with Crippen molar-refractivity contribution in [2.75, 3.05) is 25.0 Å². The number of hydrogen-bond donors (Lipinski definition) is 2. The topological polar surface area (TPSA) is 42.8 Å². The molecule has 1 aromatic rings. The van der Waals surface area contributed by atoms with Gasteiger partial charge in [-0.15, -0.1) is 0 Å². The summed E-state index contributed by atoms with van der Waals surface area (Å²) in [5, 5.41) is 3.02. The molecule has 1 aliphatic heterocycles. The first kappa shape index (κ1) is 16.8. The van der Waals surface area contributed by atoms with Gasteiger partial charge in [-0.25, -0.2) is 0 Å². The highest BCUT2D eigenvalue weighted by atomic mass is 16.5. The highest BCUT2D eigenvalue weighted by Gasteiger charge is 2.32. The normalized spacial score (nSPS) is 26.3. The zero-order valence-electron chi connectivity index (χ0n) is 14.2. The average molecular weight is 305 g/mol. The molecule has 1 aromatic carbocycles. The molecule has 0 spiro atoms. The number of benzene rings is 1. The van der Waals surface area contributed by atoms with Crippen molar-refractivity contribution in [3.63, 3.8) is 0 Å². The Labute approximate surface area is 133 Å². The van der Waals surface area contributed by atoms with Crippen LogP contribution in [0.5, 0.6) is 5.75 Å². The van der Waals surface area contributed by atoms with Crippen LogP contribution in [0.15, 0.2) is 24.3 Å². The van der Waals surface area contributed by atoms with Crippen LogP contribution in [-0.4, -0.2) is 31.6 Å². The zero-order chi connectivity index (χ0) is 16.1. The Kier molecular flexibility index (Phi) is 5.83. The van der Waals surface area contributed by atoms with Gasteiger partial charge in [0.05, 0.1) is 19.7 Å². The molecule has 0 aliphatic carbocycles. The Hall–Kier alpha value is -1.55. The quantitative estimate of drug-likeness (QED) is 0.873. The molecule has 1 heterocycles. The third-order valence-electron chi connectivity index (χ3n) is 4.46. The molecule has 0 radical (unpaired) electrons. The SMILES string of the molecule is CCOc1ccc(NC(=O)[C@H](C)[NH+]2C[C@@H](C)C[C@H](C)C2)cc1. The lowest BCUT2D eigenvalue weighted by Gasteiger charge is -2.35. The van der Waals surface area contributed by atoms with Crippen LogP contribution in [0.4, 0.5) is 5.69 Å². The molecule has 0 bridgehead atoms. The highest BCUT2D eigenvalue weighted by Crippen LogP contribution is 2.16. The zero-order valence-corrected chi connectivity index (χ0v) is 14.2. The number of carbonyl (C=O) groups is 1. The largest absolute Gasteiger partial charge is 0.494 e. The fourth-order valence-corrected chi connectivity index (χ4v) is 3.42. The molecule has 0 unspecified atom stereocenters. The minimum absolute atomic E-state index is 0.0169. The Balaban J connectivity index is 1.93. The van der Waals surface area contributed by atoms with E-state index in [4.69, 9.17) is 4.74 Å². The molecular formula is C18H29N2O2+. The summed E-state index contributed by atoms with van der Waals surface area (Å²) in [6, 6.07) is 7.55. The van der Waals surface area contributed by atoms with Crippen LogP contribution in [0.2, 0.25) is 0 Å². The summed E-state index contributed by atoms with van der Waals surface area (Å²) >= 11 is 0. The molecule has 0 aromatic heterocycles. The first-order valence-corrected chi connectivity index (χ1v) is 8.37. The van der Waals surface area contributed by atoms with Gasteiger partial charge < -0.3 is 15.0 Å². The molecule has 1 amide bonds. The summed E-state index contributed by atoms with van der Waals surface area (Å²) in [6.07, 6.45) is 1.27. The number of likely N-dealkylation sites (tertiary alicyclic amines) is 1. The van der Waals surface area contributed by atoms with E-state index < -0.39 is 0 Å². The van der Waals surface area contributed by atoms with Crippen molar-refractivity contribution in [1.29, 1.82) is 0 Å². The number of ether oxygens (including phenoxy) is 1. The number of anilines is 1. The third kappa shape index (κ3) is 4.47. The van der Waals surface area contributed by atoms with Gasteiger partial charge in [0, 0.05) is 17.5 Å². The number of nitrogens with one attached hydrogen (secondary N) is 2. The number of hydrogen-bond acceptors (Lipinski definition) is 2. The summed E-state index contributed by atoms with van der Waals surface area (Å²) in [7, 11) is 0. The molecule has 1 aliphatic rings. The van der Waals surface area contributed by atoms with Gasteiger partial charge in [-0.2, -0.15) is 0 Å². The van der Waals surface area contributed by atoms with Gasteiger partial charge in [0.1, 0.15) is 5.75 Å². The van der Waals surface area contributed by atoms with Crippen molar-refractivity contribution >= 4 is 11.6 Å². The second kappa shape index (κ2) is 7.63. The van der Waals surface area contributed by atoms with E-state index in [2.05, 4.69) is 19.2 Å². The lowest BCUT2D eigenvalue weighted by atomic mass is 9.91. The van der Waals surface area contributed by atoms with Crippen LogP contribution < -0.4 is 15.0 Å². The number of carbonyl (C=O) groups excluding carboxylic acids is 1. The smallest absolute Gasteiger partial charge is 0.282 e. The molecule has 2 rings (SSSR count). The van der Waals surface area contributed by atoms with E-state index in [1.165, 1.54) is 11.3 Å². The third-order valence-corrected chi connectivity index (χ3v) is 4.46. The molecule has 22 heavy (non-hydrogen) atoms. The summed E-state index contributed by atoms with van der Waals surface area (Å²) < 4.78 is 5.42. The second-order valence-corrected chi connectivity index (χ2v) is 6.68. The summed E-state index contributed by atoms with van der Waals surface area (Å²) in [5.41, 5.74) is 0.831. The summed E-state index contributed by atoms with van der Waals surface area (Å²) in [4.78, 5) is 13.9. The molecular weight excluding hydrogens is 276 g/mol. The molecule has 2 N–H and O–H groups in total. The van der Waals surface area contributed by atoms with Crippen LogP contribution in [0.25, 0.3) is 0 Å². The molecule has 1 fully saturated rings. The van der Waals surface area contributed by atoms with E-state index in [1.54, 1.807) is 0 Å². The van der Waals surface area contributed by atoms with Crippen LogP contribution >= 0.6 is 0 Å². The maximum absolute atomic E-state index is 12.5. The Morgan fingerprint density at radius 2 is 1.86 bits per heavy atom. The average Bonchev–Trinajstić information content (AvgIpc) is 2.47. The molecule has 0 saturated carbocycles. The lowest BCUT2D eigenvalue weighted by molar-refractivity contribution is -0.925. The van der Waals surface area contributed by atoms with E-state index in [-0.39, 0.29) is 11.9 Å². The van der Waals surface area contributed by atoms with E-state index >= 15 is 0 Å². The molecule has 4 nitrogen and oxygen atoms in total. The Morgan fingerprint density at radius 1 is 1.27 bits per heavy atom. The van der Waals surface area contributed by atoms with Gasteiger partial charge in [0.2, 0.25) is 0 Å². The second-order valence-electron chi connectivity index (χ2n) is 6.68. The van der Waals surface area contributed by atoms with Crippen molar-refractivity contribution in [2.45, 2.75) is 40.2 Å². The molecule has 3 atom stereocenters. The minimum atomic E-state index is -0.0169. The Bertz CT molecular complexity index is 476. The number of rotatable bonds is 5. The van der Waals surface area contributed by atoms with Crippen LogP contribution in [0.3, 0.4) is 0 Å². The van der Waals surface area contributed by atoms with Crippen LogP contribution in [0.1, 0.15) is 34.1 Å². The number of piperidine rings is 1. The Morgan fingerprint density at radius 3 is 2.41 bits per heavy atom. The fraction of sp³-hybridized carbons (Fsp3) is 0.611. The van der Waals surface area contributed by atoms with Crippen molar-refractivity contribution in [2.24, 2.45) is 11.8 Å². The number of amides is 1. The van der Waals surface area contributed by atoms with E-state index in [1.807, 2.05) is 38.1 Å². The molecule has 4 heteroatoms. The maximum Gasteiger partial charge on any atom is 0.282 e. The van der Waals surface area contributed by atoms with Crippen molar-refractivity contribution in [3.8, 4) is 5.75 Å². The van der Waals surface area contributed by atoms with Crippen molar-refractivity contribution < 1.29 is 14.4 Å². The van der Waals surface area contributed by atoms with E-state index in [0.717, 1.165) is 24.5 Å². The first-order chi connectivity index (χ1) is 10.5. The van der Waals surface area contributed by atoms with Crippen LogP contribution in [-0.2, 0) is 4.79 Å². The summed E-state index contributed by atoms with van der Waals surface area (Å²) in [6.45, 7) is 11.4. The van der Waals surface area contributed by atoms with Gasteiger partial charge in [-0.3, -0.25) is 4.79 Å². The van der Waals surface area contributed by atoms with Gasteiger partial charge in [0.25, 0.3) is 5.91 Å². The monoisotopic (exact) mass is 305 g/mol. The predicted octanol–water partition coefficient (Wildman–Crippen LogP) is 1.97. The minimum Gasteiger partial charge on any atom is -0.494 e. The fourth-order valence-electron chi connectivity index (χ4n) is 3.42. The van der Waals surface area contributed by atoms with Gasteiger partial charge in [0.15, 0.2) is 6.04 Å². The van der Waals surface area contributed by atoms with E-state index in [0.29, 0.717) is 18.4 Å². The first-order valence-electron chi connectivity index (χ1n) is 8.37. The standard InChI is InChI=1S/C18H28N2O2/c1-5-22-17-8-6-16(7-9-17)19-18(21)15(4)20-11-13(2)10-14(3)12-20/h6-9,13-15H,5,10-12H2,1-4H3,(H,19,21)/p+1/t13-,14-,15-/m0/s1. The van der Waals surface area contributed by atoms with Gasteiger partial charge in [-0.05, 0) is 44.5 Å². The lowest BCUT2D eigenvalue weighted by Crippen LogP contribution is -3.18.